The first-order valence-electron chi connectivity index (χ1n) is 14.0. The van der Waals surface area contributed by atoms with Crippen molar-refractivity contribution in [3.05, 3.63) is 173 Å². The summed E-state index contributed by atoms with van der Waals surface area (Å²) in [5.74, 6) is -0.541. The largest absolute Gasteiger partial charge is 0.207 e. The van der Waals surface area contributed by atoms with Crippen molar-refractivity contribution in [3.8, 4) is 0 Å². The lowest BCUT2D eigenvalue weighted by molar-refractivity contribution is 0.627. The summed E-state index contributed by atoms with van der Waals surface area (Å²) in [6.45, 7) is 6.88. The lowest BCUT2D eigenvalue weighted by Crippen LogP contribution is -2.56. The van der Waals surface area contributed by atoms with Gasteiger partial charge in [-0.05, 0) is 78.3 Å². The summed E-state index contributed by atoms with van der Waals surface area (Å²) in [5.41, 5.74) is 6.05. The van der Waals surface area contributed by atoms with E-state index in [1.165, 1.54) is 17.3 Å². The number of benzene rings is 5. The van der Waals surface area contributed by atoms with Crippen molar-refractivity contribution in [3.63, 3.8) is 0 Å². The van der Waals surface area contributed by atoms with Crippen LogP contribution in [0.1, 0.15) is 43.0 Å². The molecule has 0 N–H and O–H groups in total. The Labute approximate surface area is 242 Å². The summed E-state index contributed by atoms with van der Waals surface area (Å²) in [5, 5.41) is 3.24. The van der Waals surface area contributed by atoms with Gasteiger partial charge in [0.25, 0.3) is 0 Å². The third kappa shape index (κ3) is 4.51. The molecule has 0 saturated heterocycles. The van der Waals surface area contributed by atoms with Crippen LogP contribution in [0.4, 0.5) is 8.78 Å². The molecule has 41 heavy (non-hydrogen) atoms. The molecular weight excluding hydrogens is 523 g/mol. The van der Waals surface area contributed by atoms with Crippen molar-refractivity contribution in [1.29, 1.82) is 0 Å². The van der Waals surface area contributed by atoms with Crippen LogP contribution in [-0.2, 0) is 0 Å². The van der Waals surface area contributed by atoms with Gasteiger partial charge in [0.05, 0.1) is 0 Å². The molecular formula is C38H32F2Si. The molecule has 1 heterocycles. The zero-order valence-electron chi connectivity index (χ0n) is 23.5. The molecule has 202 valence electrons. The Kier molecular flexibility index (Phi) is 6.92. The molecule has 0 nitrogen and oxygen atoms in total. The lowest BCUT2D eigenvalue weighted by Gasteiger charge is -2.45. The molecule has 6 rings (SSSR count). The normalized spacial score (nSPS) is 15.0. The molecule has 0 saturated carbocycles. The van der Waals surface area contributed by atoms with Gasteiger partial charge >= 0.3 is 0 Å². The maximum atomic E-state index is 15.1. The second-order valence-corrected chi connectivity index (χ2v) is 16.2. The molecule has 0 spiro atoms. The molecule has 0 bridgehead atoms. The highest BCUT2D eigenvalue weighted by molar-refractivity contribution is 7.23. The molecule has 3 heteroatoms. The van der Waals surface area contributed by atoms with Crippen LogP contribution in [0.5, 0.6) is 0 Å². The smallest absolute Gasteiger partial charge is 0.156 e. The third-order valence-corrected chi connectivity index (χ3v) is 14.2. The van der Waals surface area contributed by atoms with Crippen LogP contribution >= 0.6 is 0 Å². The van der Waals surface area contributed by atoms with Crippen LogP contribution in [0.15, 0.2) is 140 Å². The Morgan fingerprint density at radius 1 is 0.439 bits per heavy atom. The molecule has 0 radical (unpaired) electrons. The summed E-state index contributed by atoms with van der Waals surface area (Å²) >= 11 is 0. The van der Waals surface area contributed by atoms with E-state index >= 15 is 8.78 Å². The van der Waals surface area contributed by atoms with Crippen molar-refractivity contribution < 1.29 is 8.78 Å². The number of halogens is 2. The van der Waals surface area contributed by atoms with E-state index in [2.05, 4.69) is 93.6 Å². The summed E-state index contributed by atoms with van der Waals surface area (Å²) in [7, 11) is -3.06. The molecule has 1 aliphatic heterocycles. The van der Waals surface area contributed by atoms with E-state index in [9.17, 15) is 0 Å². The molecule has 1 aliphatic rings. The van der Waals surface area contributed by atoms with Crippen LogP contribution in [0.25, 0.3) is 21.5 Å². The highest BCUT2D eigenvalue weighted by atomic mass is 28.3. The summed E-state index contributed by atoms with van der Waals surface area (Å²) < 4.78 is 30.2. The molecule has 5 aromatic rings. The topological polar surface area (TPSA) is 0 Å². The Morgan fingerprint density at radius 2 is 0.805 bits per heavy atom. The molecule has 0 unspecified atom stereocenters. The molecule has 0 amide bonds. The van der Waals surface area contributed by atoms with Gasteiger partial charge in [-0.3, -0.25) is 0 Å². The minimum Gasteiger partial charge on any atom is -0.207 e. The fraction of sp³-hybridized carbons (Fsp3) is 0.105. The summed E-state index contributed by atoms with van der Waals surface area (Å²) in [6, 6.07) is 45.5. The van der Waals surface area contributed by atoms with Crippen LogP contribution < -0.4 is 5.19 Å². The van der Waals surface area contributed by atoms with Crippen molar-refractivity contribution in [2.45, 2.75) is 25.8 Å². The first-order valence-corrected chi connectivity index (χ1v) is 16.0. The number of hydrogen-bond donors (Lipinski definition) is 0. The average molecular weight is 555 g/mol. The van der Waals surface area contributed by atoms with E-state index in [0.29, 0.717) is 0 Å². The minimum atomic E-state index is -3.06. The maximum Gasteiger partial charge on any atom is 0.156 e. The lowest BCUT2D eigenvalue weighted by atomic mass is 9.89. The number of allylic oxidation sites excluding steroid dienone is 2. The molecule has 0 atom stereocenters. The van der Waals surface area contributed by atoms with Gasteiger partial charge in [0.15, 0.2) is 8.07 Å². The average Bonchev–Trinajstić information content (AvgIpc) is 3.32. The first kappa shape index (κ1) is 26.9. The molecule has 5 aromatic carbocycles. The highest BCUT2D eigenvalue weighted by Crippen LogP contribution is 2.62. The van der Waals surface area contributed by atoms with Crippen molar-refractivity contribution in [2.24, 2.45) is 0 Å². The van der Waals surface area contributed by atoms with E-state index < -0.39 is 8.07 Å². The van der Waals surface area contributed by atoms with Crippen LogP contribution in [0, 0.1) is 11.6 Å². The Balaban J connectivity index is 1.92. The second-order valence-electron chi connectivity index (χ2n) is 11.6. The molecule has 0 fully saturated rings. The van der Waals surface area contributed by atoms with Gasteiger partial charge in [-0.2, -0.15) is 0 Å². The monoisotopic (exact) mass is 554 g/mol. The zero-order valence-corrected chi connectivity index (χ0v) is 24.5. The van der Waals surface area contributed by atoms with Gasteiger partial charge in [-0.1, -0.05) is 136 Å². The Bertz CT molecular complexity index is 1660. The summed E-state index contributed by atoms with van der Waals surface area (Å²) in [4.78, 5) is 0. The van der Waals surface area contributed by atoms with Crippen molar-refractivity contribution in [1.82, 2.24) is 0 Å². The first-order chi connectivity index (χ1) is 19.8. The van der Waals surface area contributed by atoms with Gasteiger partial charge in [0, 0.05) is 0 Å². The van der Waals surface area contributed by atoms with Crippen LogP contribution in [-0.4, -0.2) is 8.07 Å². The summed E-state index contributed by atoms with van der Waals surface area (Å²) in [6.07, 6.45) is 0. The van der Waals surface area contributed by atoms with Gasteiger partial charge < -0.3 is 0 Å². The highest BCUT2D eigenvalue weighted by Gasteiger charge is 2.58. The van der Waals surface area contributed by atoms with E-state index in [1.54, 1.807) is 24.3 Å². The zero-order chi connectivity index (χ0) is 28.6. The fourth-order valence-electron chi connectivity index (χ4n) is 6.71. The number of rotatable bonds is 5. The van der Waals surface area contributed by atoms with Crippen molar-refractivity contribution in [2.75, 3.05) is 0 Å². The standard InChI is InChI=1S/C38H32F2Si/c1-38(2,3)41(33-23-11-6-12-24-33)36(29-19-13-21-31(39)25-29)34(27-15-7-4-8-16-27)35(28-17-9-5-10-18-28)37(41)30-20-14-22-32(40)26-30/h4-26H,1-3H3. The minimum absolute atomic E-state index is 0.271. The second kappa shape index (κ2) is 10.6. The quantitative estimate of drug-likeness (QED) is 0.190. The van der Waals surface area contributed by atoms with Gasteiger partial charge in [-0.25, -0.2) is 8.78 Å². The van der Waals surface area contributed by atoms with Crippen molar-refractivity contribution >= 4 is 34.8 Å². The Morgan fingerprint density at radius 3 is 1.17 bits per heavy atom. The van der Waals surface area contributed by atoms with Gasteiger partial charge in [0.1, 0.15) is 11.6 Å². The van der Waals surface area contributed by atoms with Crippen LogP contribution in [0.2, 0.25) is 5.04 Å². The third-order valence-electron chi connectivity index (χ3n) is 8.18. The Hall–Kier alpha value is -4.34. The fourth-order valence-corrected chi connectivity index (χ4v) is 13.1. The van der Waals surface area contributed by atoms with Gasteiger partial charge in [0.2, 0.25) is 0 Å². The maximum absolute atomic E-state index is 15.1. The van der Waals surface area contributed by atoms with Gasteiger partial charge in [-0.15, -0.1) is 0 Å². The van der Waals surface area contributed by atoms with E-state index in [-0.39, 0.29) is 16.7 Å². The molecule has 0 aromatic heterocycles. The predicted molar refractivity (Wildman–Crippen MR) is 171 cm³/mol. The van der Waals surface area contributed by atoms with Crippen LogP contribution in [0.3, 0.4) is 0 Å². The predicted octanol–water partition coefficient (Wildman–Crippen LogP) is 9.73. The molecule has 0 aliphatic carbocycles. The van der Waals surface area contributed by atoms with E-state index in [4.69, 9.17) is 0 Å². The van der Waals surface area contributed by atoms with E-state index in [0.717, 1.165) is 43.8 Å². The van der Waals surface area contributed by atoms with E-state index in [1.807, 2.05) is 30.3 Å². The SMILES string of the molecule is CC(C)(C)[Si]1(c2ccccc2)C(c2cccc(F)c2)=C(c2ccccc2)C(c2ccccc2)=C1c1cccc(F)c1. The number of hydrogen-bond acceptors (Lipinski definition) is 0.